The number of thiophene rings is 1. The molecular formula is C47H59N6O7PS. The monoisotopic (exact) mass is 882 g/mol. The Kier molecular flexibility index (Phi) is 12.8. The summed E-state index contributed by atoms with van der Waals surface area (Å²) in [6.45, 7) is 6.99. The first kappa shape index (κ1) is 43.9. The maximum atomic E-state index is 15.3. The van der Waals surface area contributed by atoms with Crippen LogP contribution in [0.15, 0.2) is 73.1 Å². The standard InChI is InChI=1S/C47H59N6O7PS/c1-7-20-59-47(57)29(3)51(6)61(58,60-36-12-10-9-11-13-36)41(8-2)30-14-17-42-33(21-30)25-43(62-42)44(54)49-38-24-32-22-31(32)23-35-15-16-40(53(35)45(38)55)46(56)52-27-34(28-52)37-26-48-19-18-39(37)50(4)5/h9-14,17-19,21,25-26,29,31-32,34-35,38,40-41H,7-8,15-16,20,22-24,27-28H2,1-6H3,(H,49,54)/t29-,31+,32-,35+,38?,40-,41+,61?/m0/s1. The van der Waals surface area contributed by atoms with Gasteiger partial charge in [-0.1, -0.05) is 38.1 Å². The average molecular weight is 883 g/mol. The predicted molar refractivity (Wildman–Crippen MR) is 242 cm³/mol. The first-order chi connectivity index (χ1) is 29.8. The summed E-state index contributed by atoms with van der Waals surface area (Å²) in [6.07, 6.45) is 8.70. The van der Waals surface area contributed by atoms with Crippen LogP contribution in [0, 0.1) is 11.8 Å². The lowest BCUT2D eigenvalue weighted by molar-refractivity contribution is -0.149. The lowest BCUT2D eigenvalue weighted by Crippen LogP contribution is -2.59. The molecule has 62 heavy (non-hydrogen) atoms. The van der Waals surface area contributed by atoms with Crippen molar-refractivity contribution in [2.75, 3.05) is 45.7 Å². The second-order valence-electron chi connectivity index (χ2n) is 17.7. The van der Waals surface area contributed by atoms with E-state index >= 15 is 4.57 Å². The molecule has 5 heterocycles. The van der Waals surface area contributed by atoms with Crippen LogP contribution in [0.2, 0.25) is 0 Å². The molecule has 2 aromatic carbocycles. The van der Waals surface area contributed by atoms with E-state index in [-0.39, 0.29) is 36.3 Å². The average Bonchev–Trinajstić information content (AvgIpc) is 3.60. The molecule has 13 nitrogen and oxygen atoms in total. The predicted octanol–water partition coefficient (Wildman–Crippen LogP) is 7.87. The molecule has 330 valence electrons. The molecule has 4 aliphatic rings. The zero-order valence-electron chi connectivity index (χ0n) is 36.6. The smallest absolute Gasteiger partial charge is 0.327 e. The van der Waals surface area contributed by atoms with Gasteiger partial charge in [-0.15, -0.1) is 11.3 Å². The summed E-state index contributed by atoms with van der Waals surface area (Å²) in [6, 6.07) is 16.5. The molecule has 4 aromatic rings. The quantitative estimate of drug-likeness (QED) is 0.0927. The molecule has 1 aliphatic carbocycles. The van der Waals surface area contributed by atoms with Crippen LogP contribution < -0.4 is 14.7 Å². The molecule has 15 heteroatoms. The molecule has 1 N–H and O–H groups in total. The van der Waals surface area contributed by atoms with Crippen molar-refractivity contribution in [3.8, 4) is 5.75 Å². The molecule has 0 radical (unpaired) electrons. The SMILES string of the molecule is CCCOC(=O)[C@H](C)N(C)P(=O)(Oc1ccccc1)[C@H](CC)c1ccc2sc(C(=O)NC3C[C@@H]4C[C@@H]4C[C@H]4CC[C@@H](C(=O)N5CC(c6cnccc6N(C)C)C5)N4C3=O)cc2c1. The third kappa shape index (κ3) is 8.62. The van der Waals surface area contributed by atoms with Gasteiger partial charge in [-0.25, -0.2) is 4.67 Å². The van der Waals surface area contributed by atoms with Crippen molar-refractivity contribution in [2.45, 2.75) is 101 Å². The van der Waals surface area contributed by atoms with Gasteiger partial charge in [0.25, 0.3) is 5.91 Å². The number of aromatic nitrogens is 1. The van der Waals surface area contributed by atoms with Crippen molar-refractivity contribution in [1.29, 1.82) is 0 Å². The van der Waals surface area contributed by atoms with Gasteiger partial charge in [0.2, 0.25) is 11.8 Å². The molecule has 1 saturated carbocycles. The van der Waals surface area contributed by atoms with E-state index in [4.69, 9.17) is 9.26 Å². The number of likely N-dealkylation sites (N-methyl/N-ethyl adjacent to an activating group) is 1. The number of hydrogen-bond acceptors (Lipinski definition) is 10. The van der Waals surface area contributed by atoms with Crippen molar-refractivity contribution in [3.63, 3.8) is 0 Å². The number of hydrogen-bond donors (Lipinski definition) is 1. The van der Waals surface area contributed by atoms with Crippen molar-refractivity contribution >= 4 is 58.3 Å². The summed E-state index contributed by atoms with van der Waals surface area (Å²) in [5.74, 6) is 0.512. The number of carbonyl (C=O) groups is 4. The van der Waals surface area contributed by atoms with E-state index in [0.29, 0.717) is 61.2 Å². The molecular weight excluding hydrogens is 824 g/mol. The van der Waals surface area contributed by atoms with E-state index in [1.807, 2.05) is 92.5 Å². The Morgan fingerprint density at radius 1 is 0.984 bits per heavy atom. The zero-order chi connectivity index (χ0) is 43.9. The van der Waals surface area contributed by atoms with E-state index in [9.17, 15) is 19.2 Å². The minimum Gasteiger partial charge on any atom is -0.465 e. The number of carbonyl (C=O) groups excluding carboxylic acids is 4. The normalized spacial score (nSPS) is 24.2. The van der Waals surface area contributed by atoms with Crippen LogP contribution >= 0.6 is 18.9 Å². The number of ether oxygens (including phenoxy) is 1. The van der Waals surface area contributed by atoms with Gasteiger partial charge in [0.1, 0.15) is 23.9 Å². The van der Waals surface area contributed by atoms with Gasteiger partial charge in [0.15, 0.2) is 0 Å². The Hall–Kier alpha value is -4.78. The number of likely N-dealkylation sites (tertiary alicyclic amines) is 1. The van der Waals surface area contributed by atoms with Crippen LogP contribution in [0.1, 0.15) is 98.1 Å². The summed E-state index contributed by atoms with van der Waals surface area (Å²) >= 11 is 1.34. The second kappa shape index (κ2) is 18.1. The minimum atomic E-state index is -3.80. The third-order valence-corrected chi connectivity index (χ3v) is 17.7. The Bertz CT molecular complexity index is 2350. The number of esters is 1. The van der Waals surface area contributed by atoms with Crippen LogP contribution in [0.25, 0.3) is 10.1 Å². The molecule has 2 aromatic heterocycles. The van der Waals surface area contributed by atoms with Crippen LogP contribution in [0.5, 0.6) is 5.75 Å². The van der Waals surface area contributed by atoms with Crippen LogP contribution in [0.4, 0.5) is 5.69 Å². The number of amides is 3. The minimum absolute atomic E-state index is 0.00752. The molecule has 4 fully saturated rings. The van der Waals surface area contributed by atoms with Crippen molar-refractivity contribution in [3.05, 3.63) is 89.1 Å². The number of fused-ring (bicyclic) bond motifs is 3. The number of nitrogens with zero attached hydrogens (tertiary/aromatic N) is 5. The van der Waals surface area contributed by atoms with Crippen LogP contribution in [-0.4, -0.2) is 108 Å². The lowest BCUT2D eigenvalue weighted by atomic mass is 9.90. The molecule has 3 aliphatic heterocycles. The Morgan fingerprint density at radius 3 is 2.47 bits per heavy atom. The first-order valence-corrected chi connectivity index (χ1v) is 24.6. The van der Waals surface area contributed by atoms with Gasteiger partial charge in [-0.05, 0) is 118 Å². The summed E-state index contributed by atoms with van der Waals surface area (Å²) < 4.78 is 29.5. The number of pyridine rings is 1. The zero-order valence-corrected chi connectivity index (χ0v) is 38.3. The van der Waals surface area contributed by atoms with Crippen LogP contribution in [-0.2, 0) is 23.7 Å². The number of nitrogens with one attached hydrogen (secondary N) is 1. The topological polar surface area (TPSA) is 142 Å². The van der Waals surface area contributed by atoms with Gasteiger partial charge in [-0.3, -0.25) is 28.7 Å². The number of anilines is 1. The molecule has 8 rings (SSSR count). The Labute approximate surface area is 368 Å². The summed E-state index contributed by atoms with van der Waals surface area (Å²) in [5.41, 5.74) is 2.35. The fourth-order valence-electron chi connectivity index (χ4n) is 9.78. The first-order valence-electron chi connectivity index (χ1n) is 22.1. The fourth-order valence-corrected chi connectivity index (χ4v) is 13.4. The summed E-state index contributed by atoms with van der Waals surface area (Å²) in [5, 5.41) is 3.93. The summed E-state index contributed by atoms with van der Waals surface area (Å²) in [7, 11) is 1.85. The molecule has 2 unspecified atom stereocenters. The van der Waals surface area contributed by atoms with Crippen LogP contribution in [0.3, 0.4) is 0 Å². The molecule has 0 bridgehead atoms. The van der Waals surface area contributed by atoms with E-state index in [0.717, 1.165) is 46.2 Å². The maximum absolute atomic E-state index is 15.3. The molecule has 3 saturated heterocycles. The lowest BCUT2D eigenvalue weighted by Gasteiger charge is -2.44. The highest BCUT2D eigenvalue weighted by Crippen LogP contribution is 2.64. The van der Waals surface area contributed by atoms with Crippen molar-refractivity contribution in [1.82, 2.24) is 24.8 Å². The van der Waals surface area contributed by atoms with Crippen molar-refractivity contribution in [2.24, 2.45) is 11.8 Å². The van der Waals surface area contributed by atoms with E-state index in [1.54, 1.807) is 32.3 Å². The van der Waals surface area contributed by atoms with Crippen molar-refractivity contribution < 1.29 is 33.0 Å². The summed E-state index contributed by atoms with van der Waals surface area (Å²) in [4.78, 5) is 66.5. The molecule has 3 amide bonds. The van der Waals surface area contributed by atoms with Gasteiger partial charge >= 0.3 is 13.5 Å². The van der Waals surface area contributed by atoms with Gasteiger partial charge in [0.05, 0.1) is 17.1 Å². The number of para-hydroxylation sites is 1. The van der Waals surface area contributed by atoms with Gasteiger partial charge < -0.3 is 29.3 Å². The largest absolute Gasteiger partial charge is 0.465 e. The Balaban J connectivity index is 0.995. The fraction of sp³-hybridized carbons (Fsp3) is 0.511. The van der Waals surface area contributed by atoms with E-state index < -0.39 is 37.3 Å². The third-order valence-electron chi connectivity index (χ3n) is 13.5. The number of rotatable bonds is 15. The Morgan fingerprint density at radius 2 is 1.74 bits per heavy atom. The second-order valence-corrected chi connectivity index (χ2v) is 21.4. The van der Waals surface area contributed by atoms with E-state index in [1.165, 1.54) is 16.0 Å². The highest BCUT2D eigenvalue weighted by atomic mass is 32.1. The highest BCUT2D eigenvalue weighted by Gasteiger charge is 2.53. The molecule has 8 atom stereocenters. The number of benzene rings is 2. The van der Waals surface area contributed by atoms with Gasteiger partial charge in [-0.2, -0.15) is 0 Å². The molecule has 0 spiro atoms. The van der Waals surface area contributed by atoms with Gasteiger partial charge in [0, 0.05) is 67.5 Å². The van der Waals surface area contributed by atoms with E-state index in [2.05, 4.69) is 15.2 Å². The highest BCUT2D eigenvalue weighted by molar-refractivity contribution is 7.57. The maximum Gasteiger partial charge on any atom is 0.327 e.